The van der Waals surface area contributed by atoms with Crippen LogP contribution in [0.1, 0.15) is 23.4 Å². The van der Waals surface area contributed by atoms with Gasteiger partial charge in [0.15, 0.2) is 5.82 Å². The summed E-state index contributed by atoms with van der Waals surface area (Å²) in [6, 6.07) is 4.00. The Labute approximate surface area is 149 Å². The van der Waals surface area contributed by atoms with Crippen LogP contribution in [0.5, 0.6) is 0 Å². The van der Waals surface area contributed by atoms with Crippen LogP contribution in [0.3, 0.4) is 0 Å². The lowest BCUT2D eigenvalue weighted by atomic mass is 9.97. The molecule has 0 saturated heterocycles. The van der Waals surface area contributed by atoms with Gasteiger partial charge in [-0.3, -0.25) is 4.79 Å². The summed E-state index contributed by atoms with van der Waals surface area (Å²) >= 11 is 0. The maximum absolute atomic E-state index is 13.3. The molecule has 5 nitrogen and oxygen atoms in total. The van der Waals surface area contributed by atoms with Crippen molar-refractivity contribution in [1.82, 2.24) is 14.9 Å². The second kappa shape index (κ2) is 7.22. The molecule has 148 valence electrons. The van der Waals surface area contributed by atoms with Crippen LogP contribution in [0.25, 0.3) is 0 Å². The van der Waals surface area contributed by atoms with Gasteiger partial charge in [0.2, 0.25) is 11.5 Å². The van der Waals surface area contributed by atoms with Crippen LogP contribution in [0.4, 0.5) is 26.3 Å². The number of rotatable bonds is 5. The number of amides is 1. The van der Waals surface area contributed by atoms with Crippen molar-refractivity contribution in [3.8, 4) is 0 Å². The van der Waals surface area contributed by atoms with E-state index >= 15 is 0 Å². The topological polar surface area (TPSA) is 67.1 Å². The smallest absolute Gasteiger partial charge is 0.374 e. The number of benzene rings is 1. The Morgan fingerprint density at radius 2 is 1.89 bits per heavy atom. The fraction of sp³-hybridized carbons (Fsp3) is 0.375. The number of hydrogen-bond acceptors (Lipinski definition) is 3. The third kappa shape index (κ3) is 4.59. The number of nitrogens with zero attached hydrogens (tertiary/aromatic N) is 2. The average Bonchev–Trinajstić information content (AvgIpc) is 2.98. The largest absolute Gasteiger partial charge is 0.425 e. The van der Waals surface area contributed by atoms with E-state index in [1.54, 1.807) is 0 Å². The summed E-state index contributed by atoms with van der Waals surface area (Å²) in [5.74, 6) is -1.97. The first-order chi connectivity index (χ1) is 12.3. The Kier molecular flexibility index (Phi) is 5.55. The summed E-state index contributed by atoms with van der Waals surface area (Å²) in [7, 11) is 1.22. The Hall–Kier alpha value is -2.56. The number of aromatic nitrogens is 2. The van der Waals surface area contributed by atoms with Crippen molar-refractivity contribution in [1.29, 1.82) is 0 Å². The van der Waals surface area contributed by atoms with Crippen LogP contribution in [-0.2, 0) is 30.2 Å². The molecule has 11 heteroatoms. The van der Waals surface area contributed by atoms with Gasteiger partial charge in [0.25, 0.3) is 0 Å². The molecular formula is C16H15F6N3O2. The number of aliphatic hydroxyl groups is 1. The molecule has 0 aliphatic carbocycles. The molecule has 1 amide bonds. The highest BCUT2D eigenvalue weighted by atomic mass is 19.4. The number of hydrogen-bond donors (Lipinski definition) is 2. The van der Waals surface area contributed by atoms with Gasteiger partial charge < -0.3 is 15.0 Å². The number of halogens is 6. The van der Waals surface area contributed by atoms with Crippen molar-refractivity contribution in [2.75, 3.05) is 0 Å². The van der Waals surface area contributed by atoms with Crippen molar-refractivity contribution < 1.29 is 36.2 Å². The molecule has 0 radical (unpaired) electrons. The molecule has 2 N–H and O–H groups in total. The zero-order valence-corrected chi connectivity index (χ0v) is 13.9. The highest BCUT2D eigenvalue weighted by Crippen LogP contribution is 2.40. The fourth-order valence-electron chi connectivity index (χ4n) is 2.42. The van der Waals surface area contributed by atoms with Crippen molar-refractivity contribution in [2.45, 2.75) is 30.9 Å². The second-order valence-corrected chi connectivity index (χ2v) is 5.87. The van der Waals surface area contributed by atoms with Gasteiger partial charge in [-0.05, 0) is 17.7 Å². The number of aryl methyl sites for hydroxylation is 1. The van der Waals surface area contributed by atoms with Gasteiger partial charge in [-0.15, -0.1) is 0 Å². The molecule has 1 heterocycles. The number of carbonyl (C=O) groups is 1. The van der Waals surface area contributed by atoms with E-state index in [1.807, 2.05) is 0 Å². The maximum atomic E-state index is 13.3. The van der Waals surface area contributed by atoms with Gasteiger partial charge in [-0.1, -0.05) is 12.1 Å². The Morgan fingerprint density at radius 1 is 1.22 bits per heavy atom. The maximum Gasteiger partial charge on any atom is 0.425 e. The summed E-state index contributed by atoms with van der Waals surface area (Å²) in [6.45, 7) is -0.433. The van der Waals surface area contributed by atoms with Crippen molar-refractivity contribution in [2.24, 2.45) is 7.05 Å². The van der Waals surface area contributed by atoms with E-state index in [0.717, 1.165) is 29.0 Å². The molecular weight excluding hydrogens is 380 g/mol. The monoisotopic (exact) mass is 395 g/mol. The van der Waals surface area contributed by atoms with E-state index in [9.17, 15) is 36.2 Å². The zero-order valence-electron chi connectivity index (χ0n) is 13.9. The van der Waals surface area contributed by atoms with Crippen LogP contribution in [-0.4, -0.2) is 26.7 Å². The molecule has 0 spiro atoms. The normalized spacial score (nSPS) is 14.7. The van der Waals surface area contributed by atoms with E-state index in [0.29, 0.717) is 0 Å². The molecule has 0 aliphatic heterocycles. The van der Waals surface area contributed by atoms with Crippen LogP contribution in [0.15, 0.2) is 36.7 Å². The van der Waals surface area contributed by atoms with E-state index < -0.39 is 48.2 Å². The number of nitrogens with one attached hydrogen (secondary N) is 1. The van der Waals surface area contributed by atoms with Crippen LogP contribution < -0.4 is 5.32 Å². The third-order valence-corrected chi connectivity index (χ3v) is 3.82. The fourth-order valence-corrected chi connectivity index (χ4v) is 2.42. The minimum atomic E-state index is -5.19. The molecule has 2 rings (SSSR count). The molecule has 0 saturated carbocycles. The van der Waals surface area contributed by atoms with E-state index in [2.05, 4.69) is 10.3 Å². The van der Waals surface area contributed by atoms with Crippen molar-refractivity contribution in [3.63, 3.8) is 0 Å². The summed E-state index contributed by atoms with van der Waals surface area (Å²) in [5, 5.41) is 12.2. The van der Waals surface area contributed by atoms with Gasteiger partial charge >= 0.3 is 12.4 Å². The molecule has 27 heavy (non-hydrogen) atoms. The van der Waals surface area contributed by atoms with Crippen LogP contribution >= 0.6 is 0 Å². The Bertz CT molecular complexity index is 815. The van der Waals surface area contributed by atoms with Crippen LogP contribution in [0.2, 0.25) is 0 Å². The molecule has 2 aromatic rings. The molecule has 0 fully saturated rings. The van der Waals surface area contributed by atoms with Gasteiger partial charge in [0.1, 0.15) is 0 Å². The van der Waals surface area contributed by atoms with Gasteiger partial charge in [0.05, 0.1) is 12.0 Å². The number of alkyl halides is 6. The molecule has 1 unspecified atom stereocenters. The average molecular weight is 395 g/mol. The molecule has 1 aromatic carbocycles. The van der Waals surface area contributed by atoms with E-state index in [-0.39, 0.29) is 5.56 Å². The SMILES string of the molecule is Cn1ccnc1C(O)(CC(=O)NCc1cccc(C(F)(F)F)c1)C(F)(F)F. The van der Waals surface area contributed by atoms with Gasteiger partial charge in [-0.25, -0.2) is 4.98 Å². The highest BCUT2D eigenvalue weighted by molar-refractivity contribution is 5.77. The first-order valence-corrected chi connectivity index (χ1v) is 7.54. The predicted molar refractivity (Wildman–Crippen MR) is 81.1 cm³/mol. The Balaban J connectivity index is 2.13. The second-order valence-electron chi connectivity index (χ2n) is 5.87. The molecule has 0 bridgehead atoms. The third-order valence-electron chi connectivity index (χ3n) is 3.82. The predicted octanol–water partition coefficient (Wildman–Crippen LogP) is 2.90. The van der Waals surface area contributed by atoms with E-state index in [4.69, 9.17) is 0 Å². The standard InChI is InChI=1S/C16H15F6N3O2/c1-25-6-5-23-13(25)14(27,16(20,21)22)8-12(26)24-9-10-3-2-4-11(7-10)15(17,18)19/h2-7,27H,8-9H2,1H3,(H,24,26). The molecule has 1 aromatic heterocycles. The minimum Gasteiger partial charge on any atom is -0.374 e. The summed E-state index contributed by atoms with van der Waals surface area (Å²) in [4.78, 5) is 15.4. The number of imidazole rings is 1. The molecule has 0 aliphatic rings. The van der Waals surface area contributed by atoms with Crippen molar-refractivity contribution in [3.05, 3.63) is 53.6 Å². The summed E-state index contributed by atoms with van der Waals surface area (Å²) in [6.07, 6.45) is -8.96. The summed E-state index contributed by atoms with van der Waals surface area (Å²) < 4.78 is 78.9. The van der Waals surface area contributed by atoms with Crippen LogP contribution in [0, 0.1) is 0 Å². The quantitative estimate of drug-likeness (QED) is 0.766. The number of carbonyl (C=O) groups excluding carboxylic acids is 1. The lowest BCUT2D eigenvalue weighted by Crippen LogP contribution is -2.47. The minimum absolute atomic E-state index is 0.0470. The summed E-state index contributed by atoms with van der Waals surface area (Å²) in [5.41, 5.74) is -4.44. The highest BCUT2D eigenvalue weighted by Gasteiger charge is 2.58. The van der Waals surface area contributed by atoms with Gasteiger partial charge in [-0.2, -0.15) is 26.3 Å². The van der Waals surface area contributed by atoms with Crippen molar-refractivity contribution >= 4 is 5.91 Å². The first kappa shape index (κ1) is 20.7. The lowest BCUT2D eigenvalue weighted by molar-refractivity contribution is -0.271. The zero-order chi connectivity index (χ0) is 20.5. The first-order valence-electron chi connectivity index (χ1n) is 7.54. The van der Waals surface area contributed by atoms with E-state index in [1.165, 1.54) is 19.3 Å². The molecule has 1 atom stereocenters. The lowest BCUT2D eigenvalue weighted by Gasteiger charge is -2.29. The van der Waals surface area contributed by atoms with Gasteiger partial charge in [0, 0.05) is 26.0 Å². The Morgan fingerprint density at radius 3 is 2.41 bits per heavy atom.